The zero-order valence-corrected chi connectivity index (χ0v) is 18.1. The molecule has 11 heteroatoms. The molecule has 4 heterocycles. The molecule has 1 saturated heterocycles. The third kappa shape index (κ3) is 3.82. The molecule has 3 aromatic rings. The lowest BCUT2D eigenvalue weighted by atomic mass is 10.1. The van der Waals surface area contributed by atoms with Crippen LogP contribution in [0.5, 0.6) is 5.88 Å². The van der Waals surface area contributed by atoms with Gasteiger partial charge in [0.05, 0.1) is 23.7 Å². The molecule has 0 aromatic carbocycles. The van der Waals surface area contributed by atoms with Crippen LogP contribution in [0, 0.1) is 6.92 Å². The van der Waals surface area contributed by atoms with Crippen LogP contribution in [0.1, 0.15) is 49.5 Å². The molecule has 0 unspecified atom stereocenters. The van der Waals surface area contributed by atoms with E-state index < -0.39 is 5.67 Å². The van der Waals surface area contributed by atoms with Gasteiger partial charge in [-0.3, -0.25) is 4.68 Å². The number of aromatic nitrogens is 6. The van der Waals surface area contributed by atoms with Gasteiger partial charge in [-0.05, 0) is 44.2 Å². The molecule has 3 aromatic heterocycles. The molecule has 0 bridgehead atoms. The van der Waals surface area contributed by atoms with Gasteiger partial charge >= 0.3 is 0 Å². The maximum Gasteiger partial charge on any atom is 0.256 e. The molecular weight excluding hydrogens is 425 g/mol. The molecule has 31 heavy (non-hydrogen) atoms. The van der Waals surface area contributed by atoms with Crippen LogP contribution >= 0.6 is 11.6 Å². The van der Waals surface area contributed by atoms with E-state index in [9.17, 15) is 0 Å². The number of nitrogens with two attached hydrogens (primary N) is 1. The van der Waals surface area contributed by atoms with E-state index in [1.807, 2.05) is 6.92 Å². The molecule has 166 valence electrons. The topological polar surface area (TPSA) is 106 Å². The summed E-state index contributed by atoms with van der Waals surface area (Å²) in [6.45, 7) is 4.14. The first-order valence-electron chi connectivity index (χ1n) is 10.6. The molecule has 0 amide bonds. The van der Waals surface area contributed by atoms with E-state index in [4.69, 9.17) is 26.8 Å². The zero-order valence-electron chi connectivity index (χ0n) is 17.4. The fraction of sp³-hybridized carbons (Fsp3) is 0.600. The lowest BCUT2D eigenvalue weighted by molar-refractivity contribution is 0.0632. The molecule has 0 spiro atoms. The van der Waals surface area contributed by atoms with Crippen molar-refractivity contribution in [1.82, 2.24) is 29.5 Å². The smallest absolute Gasteiger partial charge is 0.256 e. The molecule has 2 aliphatic rings. The summed E-state index contributed by atoms with van der Waals surface area (Å²) in [4.78, 5) is 8.29. The van der Waals surface area contributed by atoms with Crippen molar-refractivity contribution in [2.24, 2.45) is 0 Å². The lowest BCUT2D eigenvalue weighted by Gasteiger charge is -2.24. The predicted molar refractivity (Wildman–Crippen MR) is 113 cm³/mol. The summed E-state index contributed by atoms with van der Waals surface area (Å²) < 4.78 is 29.9. The normalized spacial score (nSPS) is 18.5. The van der Waals surface area contributed by atoms with Gasteiger partial charge < -0.3 is 15.2 Å². The Morgan fingerprint density at radius 2 is 2.10 bits per heavy atom. The van der Waals surface area contributed by atoms with E-state index in [1.54, 1.807) is 15.6 Å². The highest BCUT2D eigenvalue weighted by Crippen LogP contribution is 2.54. The maximum atomic E-state index is 15.1. The monoisotopic (exact) mass is 449 g/mol. The van der Waals surface area contributed by atoms with Gasteiger partial charge in [0, 0.05) is 32.4 Å². The SMILES string of the molecule is Cc1nn(CCCOc2nn(C3CCOCC3)c(C3(F)CC3)c2N)c2nc(Cl)ncc12. The Bertz CT molecular complexity index is 1100. The number of nitrogens with zero attached hydrogens (tertiary/aromatic N) is 6. The minimum absolute atomic E-state index is 0.0828. The first kappa shape index (κ1) is 20.4. The van der Waals surface area contributed by atoms with Crippen molar-refractivity contribution in [3.05, 3.63) is 22.9 Å². The third-order valence-corrected chi connectivity index (χ3v) is 6.14. The second-order valence-corrected chi connectivity index (χ2v) is 8.55. The number of halogens is 2. The van der Waals surface area contributed by atoms with Gasteiger partial charge in [-0.25, -0.2) is 14.1 Å². The van der Waals surface area contributed by atoms with Crippen LogP contribution in [-0.2, 0) is 17.0 Å². The van der Waals surface area contributed by atoms with Crippen LogP contribution in [0.3, 0.4) is 0 Å². The van der Waals surface area contributed by atoms with E-state index >= 15 is 4.39 Å². The van der Waals surface area contributed by atoms with Crippen molar-refractivity contribution in [2.45, 2.75) is 57.3 Å². The highest BCUT2D eigenvalue weighted by Gasteiger charge is 2.51. The first-order valence-corrected chi connectivity index (χ1v) is 11.0. The Morgan fingerprint density at radius 3 is 2.84 bits per heavy atom. The number of nitrogen functional groups attached to an aromatic ring is 1. The molecule has 1 aliphatic carbocycles. The predicted octanol–water partition coefficient (Wildman–Crippen LogP) is 3.35. The molecule has 2 fully saturated rings. The van der Waals surface area contributed by atoms with Crippen molar-refractivity contribution >= 4 is 28.3 Å². The van der Waals surface area contributed by atoms with Gasteiger partial charge in [-0.1, -0.05) is 0 Å². The number of alkyl halides is 1. The van der Waals surface area contributed by atoms with Crippen molar-refractivity contribution in [3.63, 3.8) is 0 Å². The summed E-state index contributed by atoms with van der Waals surface area (Å²) in [5.41, 5.74) is 7.22. The number of anilines is 1. The van der Waals surface area contributed by atoms with E-state index in [0.29, 0.717) is 68.5 Å². The van der Waals surface area contributed by atoms with Gasteiger partial charge in [0.15, 0.2) is 11.3 Å². The Hall–Kier alpha value is -2.46. The average molecular weight is 450 g/mol. The van der Waals surface area contributed by atoms with E-state index in [1.165, 1.54) is 0 Å². The van der Waals surface area contributed by atoms with Crippen LogP contribution < -0.4 is 10.5 Å². The largest absolute Gasteiger partial charge is 0.475 e. The third-order valence-electron chi connectivity index (χ3n) is 5.96. The number of hydrogen-bond acceptors (Lipinski definition) is 7. The number of fused-ring (bicyclic) bond motifs is 1. The summed E-state index contributed by atoms with van der Waals surface area (Å²) in [5.74, 6) is 0.303. The number of hydrogen-bond donors (Lipinski definition) is 1. The van der Waals surface area contributed by atoms with Gasteiger partial charge in [-0.15, -0.1) is 5.10 Å². The van der Waals surface area contributed by atoms with Crippen molar-refractivity contribution < 1.29 is 13.9 Å². The van der Waals surface area contributed by atoms with Crippen molar-refractivity contribution in [2.75, 3.05) is 25.6 Å². The van der Waals surface area contributed by atoms with E-state index in [0.717, 1.165) is 23.9 Å². The van der Waals surface area contributed by atoms with Gasteiger partial charge in [0.25, 0.3) is 5.88 Å². The minimum Gasteiger partial charge on any atom is -0.475 e. The second-order valence-electron chi connectivity index (χ2n) is 8.21. The second kappa shape index (κ2) is 7.90. The van der Waals surface area contributed by atoms with Crippen LogP contribution in [0.4, 0.5) is 10.1 Å². The van der Waals surface area contributed by atoms with Gasteiger partial charge in [0.2, 0.25) is 5.28 Å². The molecule has 1 aliphatic heterocycles. The molecule has 5 rings (SSSR count). The number of rotatable bonds is 7. The average Bonchev–Trinajstić information content (AvgIpc) is 3.30. The number of ether oxygens (including phenoxy) is 2. The Morgan fingerprint density at radius 1 is 1.32 bits per heavy atom. The Balaban J connectivity index is 1.29. The molecule has 1 saturated carbocycles. The fourth-order valence-electron chi connectivity index (χ4n) is 4.15. The molecule has 0 atom stereocenters. The highest BCUT2D eigenvalue weighted by atomic mass is 35.5. The van der Waals surface area contributed by atoms with E-state index in [2.05, 4.69) is 20.2 Å². The van der Waals surface area contributed by atoms with E-state index in [-0.39, 0.29) is 11.3 Å². The Labute approximate surface area is 183 Å². The van der Waals surface area contributed by atoms with Gasteiger partial charge in [-0.2, -0.15) is 10.1 Å². The summed E-state index contributed by atoms with van der Waals surface area (Å²) in [6, 6.07) is 0.0828. The highest BCUT2D eigenvalue weighted by molar-refractivity contribution is 6.28. The summed E-state index contributed by atoms with van der Waals surface area (Å²) in [5, 5.41) is 10.1. The molecule has 0 radical (unpaired) electrons. The lowest BCUT2D eigenvalue weighted by Crippen LogP contribution is -2.24. The summed E-state index contributed by atoms with van der Waals surface area (Å²) in [6.07, 6.45) is 4.86. The molecule has 2 N–H and O–H groups in total. The minimum atomic E-state index is -1.39. The quantitative estimate of drug-likeness (QED) is 0.435. The van der Waals surface area contributed by atoms with Crippen LogP contribution in [-0.4, -0.2) is 49.3 Å². The van der Waals surface area contributed by atoms with Crippen molar-refractivity contribution in [1.29, 1.82) is 0 Å². The first-order chi connectivity index (χ1) is 15.0. The van der Waals surface area contributed by atoms with Crippen LogP contribution in [0.15, 0.2) is 6.20 Å². The van der Waals surface area contributed by atoms with Crippen molar-refractivity contribution in [3.8, 4) is 5.88 Å². The molecular formula is C20H25ClFN7O2. The number of aryl methyl sites for hydroxylation is 2. The molecule has 9 nitrogen and oxygen atoms in total. The van der Waals surface area contributed by atoms with Crippen LogP contribution in [0.2, 0.25) is 5.28 Å². The van der Waals surface area contributed by atoms with Crippen LogP contribution in [0.25, 0.3) is 11.0 Å². The standard InChI is InChI=1S/C20H25ClFN7O2/c1-12-14-11-24-19(21)25-17(14)28(26-12)7-2-8-31-18-15(23)16(20(22)5-6-20)29(27-18)13-3-9-30-10-4-13/h11,13H,2-10,23H2,1H3. The summed E-state index contributed by atoms with van der Waals surface area (Å²) in [7, 11) is 0. The zero-order chi connectivity index (χ0) is 21.6. The Kier molecular flexibility index (Phi) is 5.21. The fourth-order valence-corrected chi connectivity index (χ4v) is 4.27. The van der Waals surface area contributed by atoms with Gasteiger partial charge in [0.1, 0.15) is 11.4 Å². The maximum absolute atomic E-state index is 15.1. The summed E-state index contributed by atoms with van der Waals surface area (Å²) >= 11 is 5.93.